The van der Waals surface area contributed by atoms with Gasteiger partial charge in [0.25, 0.3) is 0 Å². The smallest absolute Gasteiger partial charge is 0.330 e. The van der Waals surface area contributed by atoms with Gasteiger partial charge in [-0.3, -0.25) is 4.79 Å². The first kappa shape index (κ1) is 20.3. The standard InChI is InChI=1S/C23H22FNO4/c1-14(12-15-10-11-20(29-2)19(24)13-15)22(26)25-21(23(27)28)18-9-5-7-16-6-3-4-8-17(16)18/h3-11,13-14,21H,12H2,1-2H3,(H,25,26)(H,27,28). The van der Waals surface area contributed by atoms with Crippen LogP contribution < -0.4 is 10.1 Å². The van der Waals surface area contributed by atoms with Crippen LogP contribution in [0.4, 0.5) is 4.39 Å². The van der Waals surface area contributed by atoms with Crippen molar-refractivity contribution >= 4 is 22.6 Å². The highest BCUT2D eigenvalue weighted by molar-refractivity contribution is 5.93. The molecule has 150 valence electrons. The van der Waals surface area contributed by atoms with Gasteiger partial charge in [-0.15, -0.1) is 0 Å². The van der Waals surface area contributed by atoms with Crippen LogP contribution in [0.5, 0.6) is 5.75 Å². The molecule has 3 aromatic rings. The number of rotatable bonds is 7. The van der Waals surface area contributed by atoms with E-state index in [9.17, 15) is 19.1 Å². The molecule has 0 aliphatic heterocycles. The lowest BCUT2D eigenvalue weighted by Gasteiger charge is -2.20. The summed E-state index contributed by atoms with van der Waals surface area (Å²) in [5, 5.41) is 14.0. The predicted molar refractivity (Wildman–Crippen MR) is 108 cm³/mol. The molecule has 0 aromatic heterocycles. The number of carboxylic acid groups (broad SMARTS) is 1. The number of carbonyl (C=O) groups is 2. The van der Waals surface area contributed by atoms with Crippen molar-refractivity contribution < 1.29 is 23.8 Å². The van der Waals surface area contributed by atoms with E-state index in [4.69, 9.17) is 4.74 Å². The first-order valence-corrected chi connectivity index (χ1v) is 9.24. The molecule has 0 saturated heterocycles. The Bertz CT molecular complexity index is 1040. The van der Waals surface area contributed by atoms with Crippen molar-refractivity contribution in [1.29, 1.82) is 0 Å². The third-order valence-corrected chi connectivity index (χ3v) is 4.87. The van der Waals surface area contributed by atoms with Crippen molar-refractivity contribution in [3.8, 4) is 5.75 Å². The van der Waals surface area contributed by atoms with E-state index in [0.29, 0.717) is 11.1 Å². The Morgan fingerprint density at radius 1 is 1.10 bits per heavy atom. The van der Waals surface area contributed by atoms with Gasteiger partial charge in [0.15, 0.2) is 17.6 Å². The van der Waals surface area contributed by atoms with E-state index >= 15 is 0 Å². The Balaban J connectivity index is 1.79. The summed E-state index contributed by atoms with van der Waals surface area (Å²) >= 11 is 0. The molecular formula is C23H22FNO4. The molecule has 3 aromatic carbocycles. The first-order chi connectivity index (χ1) is 13.9. The van der Waals surface area contributed by atoms with Crippen molar-refractivity contribution in [3.05, 3.63) is 77.6 Å². The monoisotopic (exact) mass is 395 g/mol. The number of carbonyl (C=O) groups excluding carboxylic acids is 1. The van der Waals surface area contributed by atoms with Crippen LogP contribution in [-0.2, 0) is 16.0 Å². The van der Waals surface area contributed by atoms with Gasteiger partial charge in [-0.1, -0.05) is 55.5 Å². The maximum absolute atomic E-state index is 13.9. The van der Waals surface area contributed by atoms with Crippen LogP contribution in [-0.4, -0.2) is 24.1 Å². The number of halogens is 1. The summed E-state index contributed by atoms with van der Waals surface area (Å²) < 4.78 is 18.8. The lowest BCUT2D eigenvalue weighted by Crippen LogP contribution is -2.37. The molecule has 2 unspecified atom stereocenters. The summed E-state index contributed by atoms with van der Waals surface area (Å²) in [4.78, 5) is 24.6. The number of methoxy groups -OCH3 is 1. The molecule has 1 amide bonds. The summed E-state index contributed by atoms with van der Waals surface area (Å²) in [6, 6.07) is 16.1. The molecule has 29 heavy (non-hydrogen) atoms. The molecule has 6 heteroatoms. The Labute approximate surface area is 168 Å². The van der Waals surface area contributed by atoms with Gasteiger partial charge in [0.2, 0.25) is 5.91 Å². The zero-order valence-electron chi connectivity index (χ0n) is 16.2. The normalized spacial score (nSPS) is 12.9. The number of hydrogen-bond acceptors (Lipinski definition) is 3. The number of ether oxygens (including phenoxy) is 1. The fraction of sp³-hybridized carbons (Fsp3) is 0.217. The van der Waals surface area contributed by atoms with Crippen molar-refractivity contribution in [2.45, 2.75) is 19.4 Å². The van der Waals surface area contributed by atoms with Gasteiger partial charge in [-0.05, 0) is 40.5 Å². The zero-order chi connectivity index (χ0) is 21.0. The fourth-order valence-electron chi connectivity index (χ4n) is 3.34. The Kier molecular flexibility index (Phi) is 6.12. The highest BCUT2D eigenvalue weighted by atomic mass is 19.1. The Hall–Kier alpha value is -3.41. The van der Waals surface area contributed by atoms with Crippen LogP contribution in [0.15, 0.2) is 60.7 Å². The summed E-state index contributed by atoms with van der Waals surface area (Å²) in [6.07, 6.45) is 0.272. The Morgan fingerprint density at radius 2 is 1.83 bits per heavy atom. The van der Waals surface area contributed by atoms with Gasteiger partial charge < -0.3 is 15.2 Å². The summed E-state index contributed by atoms with van der Waals surface area (Å²) in [6.45, 7) is 1.68. The minimum absolute atomic E-state index is 0.132. The average Bonchev–Trinajstić information content (AvgIpc) is 2.71. The highest BCUT2D eigenvalue weighted by Crippen LogP contribution is 2.25. The van der Waals surface area contributed by atoms with Gasteiger partial charge in [0.1, 0.15) is 0 Å². The van der Waals surface area contributed by atoms with Crippen molar-refractivity contribution in [2.75, 3.05) is 7.11 Å². The van der Waals surface area contributed by atoms with Crippen LogP contribution in [0, 0.1) is 11.7 Å². The van der Waals surface area contributed by atoms with E-state index in [2.05, 4.69) is 5.32 Å². The van der Waals surface area contributed by atoms with E-state index in [1.807, 2.05) is 30.3 Å². The maximum Gasteiger partial charge on any atom is 0.330 e. The summed E-state index contributed by atoms with van der Waals surface area (Å²) in [5.41, 5.74) is 1.15. The quantitative estimate of drug-likeness (QED) is 0.631. The predicted octanol–water partition coefficient (Wildman–Crippen LogP) is 4.11. The van der Waals surface area contributed by atoms with Crippen LogP contribution in [0.3, 0.4) is 0 Å². The molecule has 0 bridgehead atoms. The number of fused-ring (bicyclic) bond motifs is 1. The molecule has 5 nitrogen and oxygen atoms in total. The first-order valence-electron chi connectivity index (χ1n) is 9.24. The van der Waals surface area contributed by atoms with Crippen LogP contribution in [0.25, 0.3) is 10.8 Å². The topological polar surface area (TPSA) is 75.6 Å². The van der Waals surface area contributed by atoms with Gasteiger partial charge in [-0.25, -0.2) is 9.18 Å². The minimum atomic E-state index is -1.18. The number of amides is 1. The third-order valence-electron chi connectivity index (χ3n) is 4.87. The molecule has 0 aliphatic carbocycles. The molecule has 0 radical (unpaired) electrons. The maximum atomic E-state index is 13.9. The second-order valence-electron chi connectivity index (χ2n) is 6.92. The lowest BCUT2D eigenvalue weighted by atomic mass is 9.96. The van der Waals surface area contributed by atoms with Gasteiger partial charge in [-0.2, -0.15) is 0 Å². The van der Waals surface area contributed by atoms with Gasteiger partial charge in [0, 0.05) is 5.92 Å². The number of carboxylic acids is 1. The highest BCUT2D eigenvalue weighted by Gasteiger charge is 2.26. The van der Waals surface area contributed by atoms with Gasteiger partial charge >= 0.3 is 5.97 Å². The van der Waals surface area contributed by atoms with E-state index in [-0.39, 0.29) is 12.2 Å². The zero-order valence-corrected chi connectivity index (χ0v) is 16.2. The van der Waals surface area contributed by atoms with E-state index < -0.39 is 29.7 Å². The molecule has 3 rings (SSSR count). The molecule has 0 fully saturated rings. The van der Waals surface area contributed by atoms with E-state index in [0.717, 1.165) is 10.8 Å². The number of hydrogen-bond donors (Lipinski definition) is 2. The second-order valence-corrected chi connectivity index (χ2v) is 6.92. The molecule has 2 atom stereocenters. The third kappa shape index (κ3) is 4.54. The van der Waals surface area contributed by atoms with Crippen molar-refractivity contribution in [1.82, 2.24) is 5.32 Å². The molecule has 2 N–H and O–H groups in total. The summed E-state index contributed by atoms with van der Waals surface area (Å²) in [7, 11) is 1.38. The number of aliphatic carboxylic acids is 1. The SMILES string of the molecule is COc1ccc(CC(C)C(=O)NC(C(=O)O)c2cccc3ccccc23)cc1F. The van der Waals surface area contributed by atoms with E-state index in [1.54, 1.807) is 25.1 Å². The van der Waals surface area contributed by atoms with E-state index in [1.165, 1.54) is 19.2 Å². The fourth-order valence-corrected chi connectivity index (χ4v) is 3.34. The summed E-state index contributed by atoms with van der Waals surface area (Å²) in [5.74, 6) is -2.47. The lowest BCUT2D eigenvalue weighted by molar-refractivity contribution is -0.142. The largest absolute Gasteiger partial charge is 0.494 e. The van der Waals surface area contributed by atoms with Crippen molar-refractivity contribution in [3.63, 3.8) is 0 Å². The van der Waals surface area contributed by atoms with Gasteiger partial charge in [0.05, 0.1) is 7.11 Å². The Morgan fingerprint density at radius 3 is 2.52 bits per heavy atom. The molecule has 0 heterocycles. The molecule has 0 saturated carbocycles. The second kappa shape index (κ2) is 8.73. The van der Waals surface area contributed by atoms with Crippen LogP contribution >= 0.6 is 0 Å². The number of nitrogens with one attached hydrogen (secondary N) is 1. The average molecular weight is 395 g/mol. The van der Waals surface area contributed by atoms with Crippen molar-refractivity contribution in [2.24, 2.45) is 5.92 Å². The van der Waals surface area contributed by atoms with Crippen LogP contribution in [0.2, 0.25) is 0 Å². The molecule has 0 spiro atoms. The van der Waals surface area contributed by atoms with Crippen LogP contribution in [0.1, 0.15) is 24.1 Å². The number of benzene rings is 3. The minimum Gasteiger partial charge on any atom is -0.494 e. The molecule has 0 aliphatic rings. The molecular weight excluding hydrogens is 373 g/mol.